The van der Waals surface area contributed by atoms with Crippen LogP contribution < -0.4 is 5.32 Å². The molecule has 0 unspecified atom stereocenters. The number of rotatable bonds is 5. The van der Waals surface area contributed by atoms with E-state index in [1.54, 1.807) is 12.2 Å². The first kappa shape index (κ1) is 14.5. The largest absolute Gasteiger partial charge is 0.444 e. The van der Waals surface area contributed by atoms with Crippen molar-refractivity contribution in [3.05, 3.63) is 31.0 Å². The van der Waals surface area contributed by atoms with Crippen molar-refractivity contribution in [2.45, 2.75) is 45.3 Å². The standard InChI is InChI=1S/C13H21NO2/c1-6-8-10-11(9-7-2)14-12(15)16-13(3,4)5/h6,9,11H,1-2,8,10H2,3-5H3,(H,14,15)/t11-/m1/s1. The maximum Gasteiger partial charge on any atom is 0.408 e. The molecule has 0 spiro atoms. The third-order valence-corrected chi connectivity index (χ3v) is 1.70. The monoisotopic (exact) mass is 223 g/mol. The van der Waals surface area contributed by atoms with Gasteiger partial charge in [-0.3, -0.25) is 0 Å². The van der Waals surface area contributed by atoms with Crippen molar-refractivity contribution in [3.63, 3.8) is 0 Å². The highest BCUT2D eigenvalue weighted by atomic mass is 16.6. The molecule has 0 bridgehead atoms. The molecule has 90 valence electrons. The number of carbonyl (C=O) groups is 1. The second-order valence-electron chi connectivity index (χ2n) is 4.49. The van der Waals surface area contributed by atoms with Gasteiger partial charge in [0.15, 0.2) is 0 Å². The Balaban J connectivity index is 4.22. The smallest absolute Gasteiger partial charge is 0.408 e. The Morgan fingerprint density at radius 2 is 2.19 bits per heavy atom. The number of nitrogens with one attached hydrogen (secondary N) is 1. The first-order valence-electron chi connectivity index (χ1n) is 5.35. The maximum atomic E-state index is 11.5. The van der Waals surface area contributed by atoms with E-state index in [0.29, 0.717) is 0 Å². The molecule has 1 amide bonds. The minimum Gasteiger partial charge on any atom is -0.444 e. The van der Waals surface area contributed by atoms with Crippen LogP contribution in [0.5, 0.6) is 0 Å². The fourth-order valence-electron chi connectivity index (χ4n) is 1.10. The van der Waals surface area contributed by atoms with Crippen LogP contribution in [0.15, 0.2) is 31.0 Å². The second-order valence-corrected chi connectivity index (χ2v) is 4.49. The van der Waals surface area contributed by atoms with Gasteiger partial charge in [-0.05, 0) is 39.7 Å². The van der Waals surface area contributed by atoms with Gasteiger partial charge in [-0.2, -0.15) is 0 Å². The van der Waals surface area contributed by atoms with Crippen LogP contribution in [-0.2, 0) is 4.74 Å². The predicted molar refractivity (Wildman–Crippen MR) is 66.3 cm³/mol. The van der Waals surface area contributed by atoms with E-state index in [1.807, 2.05) is 20.8 Å². The number of allylic oxidation sites excluding steroid dienone is 1. The normalized spacial score (nSPS) is 12.2. The maximum absolute atomic E-state index is 11.5. The highest BCUT2D eigenvalue weighted by Gasteiger charge is 2.17. The molecule has 0 rings (SSSR count). The molecule has 1 atom stereocenters. The summed E-state index contributed by atoms with van der Waals surface area (Å²) in [4.78, 5) is 11.5. The van der Waals surface area contributed by atoms with E-state index >= 15 is 0 Å². The quantitative estimate of drug-likeness (QED) is 0.574. The minimum absolute atomic E-state index is 0.106. The molecule has 0 fully saturated rings. The Kier molecular flexibility index (Phi) is 6.28. The van der Waals surface area contributed by atoms with E-state index in [9.17, 15) is 4.79 Å². The summed E-state index contributed by atoms with van der Waals surface area (Å²) in [7, 11) is 0. The summed E-state index contributed by atoms with van der Waals surface area (Å²) in [5, 5.41) is 2.74. The van der Waals surface area contributed by atoms with Crippen LogP contribution in [0.1, 0.15) is 33.6 Å². The average Bonchev–Trinajstić information content (AvgIpc) is 2.11. The van der Waals surface area contributed by atoms with Gasteiger partial charge in [-0.25, -0.2) is 4.79 Å². The number of alkyl carbamates (subject to hydrolysis) is 1. The summed E-state index contributed by atoms with van der Waals surface area (Å²) in [5.41, 5.74) is 2.18. The first-order valence-corrected chi connectivity index (χ1v) is 5.35. The number of ether oxygens (including phenoxy) is 1. The molecule has 1 N–H and O–H groups in total. The van der Waals surface area contributed by atoms with Gasteiger partial charge >= 0.3 is 6.09 Å². The zero-order chi connectivity index (χ0) is 12.6. The molecule has 0 saturated heterocycles. The fraction of sp³-hybridized carbons (Fsp3) is 0.538. The number of carbonyl (C=O) groups excluding carboxylic acids is 1. The van der Waals surface area contributed by atoms with Gasteiger partial charge in [-0.15, -0.1) is 12.3 Å². The van der Waals surface area contributed by atoms with Gasteiger partial charge in [0.05, 0.1) is 6.04 Å². The van der Waals surface area contributed by atoms with Crippen molar-refractivity contribution in [3.8, 4) is 0 Å². The summed E-state index contributed by atoms with van der Waals surface area (Å²) in [6.07, 6.45) is 4.69. The number of amides is 1. The van der Waals surface area contributed by atoms with Crippen molar-refractivity contribution >= 4 is 6.09 Å². The molecule has 0 aliphatic heterocycles. The molecule has 0 aliphatic rings. The molecule has 3 heteroatoms. The molecule has 16 heavy (non-hydrogen) atoms. The van der Waals surface area contributed by atoms with E-state index < -0.39 is 11.7 Å². The fourth-order valence-corrected chi connectivity index (χ4v) is 1.10. The molecule has 0 aliphatic carbocycles. The minimum atomic E-state index is -0.481. The van der Waals surface area contributed by atoms with Gasteiger partial charge in [0, 0.05) is 0 Å². The molecule has 0 aromatic heterocycles. The number of hydrogen-bond donors (Lipinski definition) is 1. The Hall–Kier alpha value is -1.47. The lowest BCUT2D eigenvalue weighted by Crippen LogP contribution is -2.38. The van der Waals surface area contributed by atoms with E-state index in [-0.39, 0.29) is 6.04 Å². The van der Waals surface area contributed by atoms with Crippen LogP contribution in [0, 0.1) is 0 Å². The van der Waals surface area contributed by atoms with E-state index in [1.165, 1.54) is 0 Å². The zero-order valence-corrected chi connectivity index (χ0v) is 10.4. The Bertz CT molecular complexity index is 283. The Morgan fingerprint density at radius 1 is 1.56 bits per heavy atom. The van der Waals surface area contributed by atoms with Gasteiger partial charge in [-0.1, -0.05) is 12.7 Å². The van der Waals surface area contributed by atoms with Crippen LogP contribution in [-0.4, -0.2) is 17.7 Å². The van der Waals surface area contributed by atoms with Gasteiger partial charge in [0.25, 0.3) is 0 Å². The third kappa shape index (κ3) is 7.89. The van der Waals surface area contributed by atoms with Gasteiger partial charge in [0.2, 0.25) is 0 Å². The topological polar surface area (TPSA) is 38.3 Å². The van der Waals surface area contributed by atoms with Crippen LogP contribution in [0.4, 0.5) is 4.79 Å². The van der Waals surface area contributed by atoms with E-state index in [4.69, 9.17) is 4.74 Å². The van der Waals surface area contributed by atoms with E-state index in [0.717, 1.165) is 12.8 Å². The van der Waals surface area contributed by atoms with Crippen molar-refractivity contribution in [2.75, 3.05) is 0 Å². The van der Waals surface area contributed by atoms with Crippen molar-refractivity contribution in [1.29, 1.82) is 0 Å². The molecule has 0 radical (unpaired) electrons. The lowest BCUT2D eigenvalue weighted by Gasteiger charge is -2.21. The summed E-state index contributed by atoms with van der Waals surface area (Å²) in [6.45, 7) is 12.6. The molecule has 0 heterocycles. The average molecular weight is 223 g/mol. The summed E-state index contributed by atoms with van der Waals surface area (Å²) in [5.74, 6) is 0. The first-order chi connectivity index (χ1) is 7.39. The third-order valence-electron chi connectivity index (χ3n) is 1.70. The van der Waals surface area contributed by atoms with E-state index in [2.05, 4.69) is 24.2 Å². The molecule has 0 aromatic rings. The summed E-state index contributed by atoms with van der Waals surface area (Å²) >= 11 is 0. The molecule has 3 nitrogen and oxygen atoms in total. The van der Waals surface area contributed by atoms with Crippen LogP contribution in [0.25, 0.3) is 0 Å². The van der Waals surface area contributed by atoms with Crippen LogP contribution >= 0.6 is 0 Å². The highest BCUT2D eigenvalue weighted by Crippen LogP contribution is 2.08. The number of hydrogen-bond acceptors (Lipinski definition) is 2. The molecule has 0 saturated carbocycles. The molecular formula is C13H21NO2. The van der Waals surface area contributed by atoms with Crippen LogP contribution in [0.3, 0.4) is 0 Å². The second kappa shape index (κ2) is 6.91. The van der Waals surface area contributed by atoms with Gasteiger partial charge in [0.1, 0.15) is 5.60 Å². The highest BCUT2D eigenvalue weighted by molar-refractivity contribution is 5.68. The summed E-state index contributed by atoms with van der Waals surface area (Å²) < 4.78 is 5.15. The lowest BCUT2D eigenvalue weighted by atomic mass is 10.1. The zero-order valence-electron chi connectivity index (χ0n) is 10.4. The summed E-state index contributed by atoms with van der Waals surface area (Å²) in [6, 6.07) is -0.106. The molecule has 0 aromatic carbocycles. The van der Waals surface area contributed by atoms with Crippen molar-refractivity contribution in [1.82, 2.24) is 5.32 Å². The Labute approximate surface area is 97.9 Å². The predicted octanol–water partition coefficient (Wildman–Crippen LogP) is 3.19. The lowest BCUT2D eigenvalue weighted by molar-refractivity contribution is 0.0513. The SMILES string of the molecule is C=C=C[C@H](CCC=C)NC(=O)OC(C)(C)C. The van der Waals surface area contributed by atoms with Crippen molar-refractivity contribution in [2.24, 2.45) is 0 Å². The Morgan fingerprint density at radius 3 is 2.62 bits per heavy atom. The van der Waals surface area contributed by atoms with Crippen LogP contribution in [0.2, 0.25) is 0 Å². The van der Waals surface area contributed by atoms with Gasteiger partial charge < -0.3 is 10.1 Å². The molecular weight excluding hydrogens is 202 g/mol. The van der Waals surface area contributed by atoms with Crippen molar-refractivity contribution < 1.29 is 9.53 Å².